The maximum Gasteiger partial charge on any atom is 0.122 e. The molecule has 1 aliphatic heterocycles. The van der Waals surface area contributed by atoms with Gasteiger partial charge < -0.3 is 14.8 Å². The van der Waals surface area contributed by atoms with Crippen LogP contribution in [0.2, 0.25) is 0 Å². The van der Waals surface area contributed by atoms with Crippen molar-refractivity contribution in [2.45, 2.75) is 31.8 Å². The van der Waals surface area contributed by atoms with Gasteiger partial charge in [-0.15, -0.1) is 0 Å². The van der Waals surface area contributed by atoms with E-state index < -0.39 is 0 Å². The molecular weight excluding hydrogens is 252 g/mol. The van der Waals surface area contributed by atoms with Crippen LogP contribution in [0.5, 0.6) is 11.5 Å². The van der Waals surface area contributed by atoms with Crippen molar-refractivity contribution >= 4 is 0 Å². The molecule has 1 atom stereocenters. The molecular formula is C16H26N2O2. The summed E-state index contributed by atoms with van der Waals surface area (Å²) in [5, 5.41) is 3.31. The van der Waals surface area contributed by atoms with Crippen LogP contribution in [0.15, 0.2) is 18.2 Å². The van der Waals surface area contributed by atoms with E-state index in [-0.39, 0.29) is 0 Å². The summed E-state index contributed by atoms with van der Waals surface area (Å²) in [6.07, 6.45) is 3.91. The van der Waals surface area contributed by atoms with Gasteiger partial charge in [0.1, 0.15) is 11.5 Å². The van der Waals surface area contributed by atoms with Crippen LogP contribution in [0.4, 0.5) is 0 Å². The minimum Gasteiger partial charge on any atom is -0.497 e. The van der Waals surface area contributed by atoms with E-state index in [0.717, 1.165) is 24.6 Å². The second kappa shape index (κ2) is 7.50. The molecule has 1 saturated heterocycles. The van der Waals surface area contributed by atoms with E-state index in [0.29, 0.717) is 6.04 Å². The number of likely N-dealkylation sites (tertiary alicyclic amines) is 1. The Hall–Kier alpha value is -1.26. The second-order valence-electron chi connectivity index (χ2n) is 5.40. The highest BCUT2D eigenvalue weighted by Gasteiger charge is 2.22. The van der Waals surface area contributed by atoms with Gasteiger partial charge in [-0.3, -0.25) is 4.90 Å². The number of hydrogen-bond donors (Lipinski definition) is 1. The SMILES string of the molecule is CNCC1CCCCN1Cc1cc(OC)cc(OC)c1. The van der Waals surface area contributed by atoms with Crippen LogP contribution >= 0.6 is 0 Å². The summed E-state index contributed by atoms with van der Waals surface area (Å²) >= 11 is 0. The zero-order valence-electron chi connectivity index (χ0n) is 12.8. The van der Waals surface area contributed by atoms with Crippen LogP contribution < -0.4 is 14.8 Å². The lowest BCUT2D eigenvalue weighted by molar-refractivity contribution is 0.139. The van der Waals surface area contributed by atoms with Crippen LogP contribution in [-0.2, 0) is 6.54 Å². The smallest absolute Gasteiger partial charge is 0.122 e. The van der Waals surface area contributed by atoms with E-state index in [9.17, 15) is 0 Å². The van der Waals surface area contributed by atoms with E-state index >= 15 is 0 Å². The molecule has 1 heterocycles. The molecule has 0 amide bonds. The molecule has 1 fully saturated rings. The number of hydrogen-bond acceptors (Lipinski definition) is 4. The van der Waals surface area contributed by atoms with Gasteiger partial charge in [-0.2, -0.15) is 0 Å². The first-order valence-electron chi connectivity index (χ1n) is 7.37. The molecule has 1 aliphatic rings. The molecule has 1 aromatic rings. The van der Waals surface area contributed by atoms with Crippen LogP contribution in [-0.4, -0.2) is 45.3 Å². The average Bonchev–Trinajstić information content (AvgIpc) is 2.49. The Bertz CT molecular complexity index is 399. The summed E-state index contributed by atoms with van der Waals surface area (Å²) in [6, 6.07) is 6.76. The van der Waals surface area contributed by atoms with Gasteiger partial charge in [-0.1, -0.05) is 6.42 Å². The predicted octanol–water partition coefficient (Wildman–Crippen LogP) is 2.28. The summed E-state index contributed by atoms with van der Waals surface area (Å²) in [5.41, 5.74) is 1.25. The molecule has 1 aromatic carbocycles. The first kappa shape index (κ1) is 15.1. The first-order chi connectivity index (χ1) is 9.76. The van der Waals surface area contributed by atoms with Crippen molar-refractivity contribution in [3.05, 3.63) is 23.8 Å². The van der Waals surface area contributed by atoms with E-state index in [2.05, 4.69) is 22.3 Å². The number of nitrogens with zero attached hydrogens (tertiary/aromatic N) is 1. The standard InChI is InChI=1S/C16H26N2O2/c1-17-11-14-6-4-5-7-18(14)12-13-8-15(19-2)10-16(9-13)20-3/h8-10,14,17H,4-7,11-12H2,1-3H3. The molecule has 112 valence electrons. The highest BCUT2D eigenvalue weighted by atomic mass is 16.5. The quantitative estimate of drug-likeness (QED) is 0.865. The van der Waals surface area contributed by atoms with Crippen molar-refractivity contribution in [3.63, 3.8) is 0 Å². The Morgan fingerprint density at radius 1 is 1.15 bits per heavy atom. The molecule has 0 aromatic heterocycles. The second-order valence-corrected chi connectivity index (χ2v) is 5.40. The highest BCUT2D eigenvalue weighted by Crippen LogP contribution is 2.25. The van der Waals surface area contributed by atoms with Crippen molar-refractivity contribution in [1.29, 1.82) is 0 Å². The van der Waals surface area contributed by atoms with Crippen molar-refractivity contribution in [3.8, 4) is 11.5 Å². The normalized spacial score (nSPS) is 19.9. The molecule has 0 bridgehead atoms. The number of piperidine rings is 1. The molecule has 4 heteroatoms. The van der Waals surface area contributed by atoms with Crippen LogP contribution in [0.25, 0.3) is 0 Å². The highest BCUT2D eigenvalue weighted by molar-refractivity contribution is 5.38. The molecule has 0 saturated carbocycles. The maximum absolute atomic E-state index is 5.35. The third-order valence-corrected chi connectivity index (χ3v) is 3.99. The molecule has 2 rings (SSSR count). The monoisotopic (exact) mass is 278 g/mol. The summed E-state index contributed by atoms with van der Waals surface area (Å²) in [6.45, 7) is 3.19. The van der Waals surface area contributed by atoms with Crippen molar-refractivity contribution in [1.82, 2.24) is 10.2 Å². The topological polar surface area (TPSA) is 33.7 Å². The zero-order valence-corrected chi connectivity index (χ0v) is 12.8. The maximum atomic E-state index is 5.35. The molecule has 0 spiro atoms. The molecule has 4 nitrogen and oxygen atoms in total. The molecule has 0 aliphatic carbocycles. The van der Waals surface area contributed by atoms with Gasteiger partial charge in [0, 0.05) is 25.2 Å². The van der Waals surface area contributed by atoms with Gasteiger partial charge in [0.25, 0.3) is 0 Å². The number of ether oxygens (including phenoxy) is 2. The van der Waals surface area contributed by atoms with Gasteiger partial charge in [-0.25, -0.2) is 0 Å². The van der Waals surface area contributed by atoms with E-state index in [1.165, 1.54) is 31.4 Å². The Kier molecular flexibility index (Phi) is 5.68. The van der Waals surface area contributed by atoms with Gasteiger partial charge in [0.15, 0.2) is 0 Å². The number of methoxy groups -OCH3 is 2. The molecule has 0 radical (unpaired) electrons. The lowest BCUT2D eigenvalue weighted by atomic mass is 10.0. The summed E-state index contributed by atoms with van der Waals surface area (Å²) in [5.74, 6) is 1.73. The Morgan fingerprint density at radius 2 is 1.85 bits per heavy atom. The zero-order chi connectivity index (χ0) is 14.4. The number of likely N-dealkylation sites (N-methyl/N-ethyl adjacent to an activating group) is 1. The van der Waals surface area contributed by atoms with Crippen molar-refractivity contribution in [2.75, 3.05) is 34.4 Å². The summed E-state index contributed by atoms with van der Waals surface area (Å²) < 4.78 is 10.7. The Labute approximate surface area is 122 Å². The van der Waals surface area contributed by atoms with Crippen molar-refractivity contribution in [2.24, 2.45) is 0 Å². The van der Waals surface area contributed by atoms with Gasteiger partial charge in [0.2, 0.25) is 0 Å². The van der Waals surface area contributed by atoms with E-state index in [1.54, 1.807) is 14.2 Å². The Morgan fingerprint density at radius 3 is 2.45 bits per heavy atom. The van der Waals surface area contributed by atoms with Gasteiger partial charge in [0.05, 0.1) is 14.2 Å². The van der Waals surface area contributed by atoms with Crippen LogP contribution in [0.1, 0.15) is 24.8 Å². The first-order valence-corrected chi connectivity index (χ1v) is 7.37. The number of rotatable bonds is 6. The summed E-state index contributed by atoms with van der Waals surface area (Å²) in [4.78, 5) is 2.56. The fraction of sp³-hybridized carbons (Fsp3) is 0.625. The minimum absolute atomic E-state index is 0.631. The van der Waals surface area contributed by atoms with Crippen molar-refractivity contribution < 1.29 is 9.47 Å². The predicted molar refractivity (Wildman–Crippen MR) is 81.5 cm³/mol. The molecule has 1 N–H and O–H groups in total. The van der Waals surface area contributed by atoms with Crippen LogP contribution in [0, 0.1) is 0 Å². The fourth-order valence-electron chi connectivity index (χ4n) is 2.93. The lowest BCUT2D eigenvalue weighted by Gasteiger charge is -2.35. The lowest BCUT2D eigenvalue weighted by Crippen LogP contribution is -2.44. The van der Waals surface area contributed by atoms with Gasteiger partial charge >= 0.3 is 0 Å². The Balaban J connectivity index is 2.10. The largest absolute Gasteiger partial charge is 0.497 e. The number of benzene rings is 1. The van der Waals surface area contributed by atoms with Crippen LogP contribution in [0.3, 0.4) is 0 Å². The fourth-order valence-corrected chi connectivity index (χ4v) is 2.93. The third-order valence-electron chi connectivity index (χ3n) is 3.99. The average molecular weight is 278 g/mol. The number of nitrogens with one attached hydrogen (secondary N) is 1. The molecule has 20 heavy (non-hydrogen) atoms. The van der Waals surface area contributed by atoms with Gasteiger partial charge in [-0.05, 0) is 44.1 Å². The van der Waals surface area contributed by atoms with E-state index in [4.69, 9.17) is 9.47 Å². The minimum atomic E-state index is 0.631. The molecule has 1 unspecified atom stereocenters. The summed E-state index contributed by atoms with van der Waals surface area (Å²) in [7, 11) is 5.42. The third kappa shape index (κ3) is 3.87. The van der Waals surface area contributed by atoms with E-state index in [1.807, 2.05) is 13.1 Å².